The maximum absolute atomic E-state index is 14.0. The molecule has 0 unspecified atom stereocenters. The van der Waals surface area contributed by atoms with E-state index in [4.69, 9.17) is 11.6 Å². The van der Waals surface area contributed by atoms with Crippen LogP contribution in [0.25, 0.3) is 22.6 Å². The predicted molar refractivity (Wildman–Crippen MR) is 84.2 cm³/mol. The number of nitrogens with one attached hydrogen (secondary N) is 1. The van der Waals surface area contributed by atoms with Crippen LogP contribution in [0, 0.1) is 5.82 Å². The van der Waals surface area contributed by atoms with Gasteiger partial charge in [-0.2, -0.15) is 5.10 Å². The van der Waals surface area contributed by atoms with Crippen LogP contribution in [0.4, 0.5) is 4.39 Å². The quantitative estimate of drug-likeness (QED) is 0.616. The average molecular weight is 346 g/mol. The molecule has 4 aromatic rings. The summed E-state index contributed by atoms with van der Waals surface area (Å²) < 4.78 is 20.0. The summed E-state index contributed by atoms with van der Waals surface area (Å²) in [6, 6.07) is 7.82. The first kappa shape index (κ1) is 14.6. The Kier molecular flexibility index (Phi) is 3.39. The molecule has 0 radical (unpaired) electrons. The van der Waals surface area contributed by atoms with E-state index in [1.54, 1.807) is 18.3 Å². The topological polar surface area (TPSA) is 89.6 Å². The monoisotopic (exact) mass is 345 g/mol. The molecule has 1 N–H and O–H groups in total. The van der Waals surface area contributed by atoms with Gasteiger partial charge in [-0.3, -0.25) is 9.51 Å². The molecule has 0 aliphatic rings. The van der Waals surface area contributed by atoms with Gasteiger partial charge in [0.2, 0.25) is 5.82 Å². The summed E-state index contributed by atoms with van der Waals surface area (Å²) in [5, 5.41) is 9.12. The number of benzene rings is 1. The van der Waals surface area contributed by atoms with Crippen LogP contribution in [0.15, 0.2) is 45.8 Å². The summed E-state index contributed by atoms with van der Waals surface area (Å²) in [4.78, 5) is 17.9. The number of rotatable bonds is 3. The van der Waals surface area contributed by atoms with E-state index < -0.39 is 11.6 Å². The molecule has 0 amide bonds. The van der Waals surface area contributed by atoms with Crippen LogP contribution in [0.3, 0.4) is 0 Å². The standard InChI is InChI=1S/C15H9ClFN5O2/c16-9-3-4-11(17)8(6-9)7-22-14-10(2-1-5-18-14)12(20-22)13-19-15(23)24-21-13/h1-6H,7H2,(H,19,21,23). The van der Waals surface area contributed by atoms with Crippen LogP contribution < -0.4 is 5.76 Å². The molecule has 1 aromatic carbocycles. The Morgan fingerprint density at radius 3 is 3.00 bits per heavy atom. The second-order valence-electron chi connectivity index (χ2n) is 5.06. The lowest BCUT2D eigenvalue weighted by Crippen LogP contribution is -2.05. The number of H-pyrrole nitrogens is 1. The zero-order valence-electron chi connectivity index (χ0n) is 12.0. The Morgan fingerprint density at radius 2 is 2.21 bits per heavy atom. The van der Waals surface area contributed by atoms with Crippen molar-refractivity contribution in [2.45, 2.75) is 6.54 Å². The second-order valence-corrected chi connectivity index (χ2v) is 5.50. The van der Waals surface area contributed by atoms with Crippen molar-refractivity contribution in [3.63, 3.8) is 0 Å². The second kappa shape index (κ2) is 5.57. The van der Waals surface area contributed by atoms with Crippen molar-refractivity contribution in [1.82, 2.24) is 24.9 Å². The zero-order chi connectivity index (χ0) is 16.7. The number of fused-ring (bicyclic) bond motifs is 1. The molecule has 0 atom stereocenters. The minimum Gasteiger partial charge on any atom is -0.296 e. The van der Waals surface area contributed by atoms with Gasteiger partial charge < -0.3 is 0 Å². The zero-order valence-corrected chi connectivity index (χ0v) is 12.8. The fourth-order valence-corrected chi connectivity index (χ4v) is 2.65. The van der Waals surface area contributed by atoms with Gasteiger partial charge in [0.25, 0.3) is 0 Å². The maximum Gasteiger partial charge on any atom is 0.439 e. The lowest BCUT2D eigenvalue weighted by Gasteiger charge is -2.05. The largest absolute Gasteiger partial charge is 0.439 e. The van der Waals surface area contributed by atoms with Gasteiger partial charge in [0.1, 0.15) is 11.5 Å². The molecular weight excluding hydrogens is 337 g/mol. The van der Waals surface area contributed by atoms with Gasteiger partial charge in [-0.25, -0.2) is 18.9 Å². The molecule has 9 heteroatoms. The maximum atomic E-state index is 14.0. The molecule has 0 fully saturated rings. The third-order valence-corrected chi connectivity index (χ3v) is 3.73. The smallest absolute Gasteiger partial charge is 0.296 e. The Labute approximate surface area is 138 Å². The highest BCUT2D eigenvalue weighted by molar-refractivity contribution is 6.30. The summed E-state index contributed by atoms with van der Waals surface area (Å²) in [7, 11) is 0. The molecule has 0 aliphatic heterocycles. The fourth-order valence-electron chi connectivity index (χ4n) is 2.45. The van der Waals surface area contributed by atoms with E-state index in [-0.39, 0.29) is 12.4 Å². The molecule has 0 aliphatic carbocycles. The first-order chi connectivity index (χ1) is 11.6. The summed E-state index contributed by atoms with van der Waals surface area (Å²) in [6.45, 7) is 0.127. The van der Waals surface area contributed by atoms with E-state index in [1.807, 2.05) is 0 Å². The molecule has 0 saturated heterocycles. The van der Waals surface area contributed by atoms with Crippen molar-refractivity contribution in [3.05, 3.63) is 63.5 Å². The molecule has 24 heavy (non-hydrogen) atoms. The SMILES string of the molecule is O=c1[nH]c(-c2nn(Cc3cc(Cl)ccc3F)c3ncccc23)no1. The van der Waals surface area contributed by atoms with Crippen molar-refractivity contribution < 1.29 is 8.91 Å². The first-order valence-electron chi connectivity index (χ1n) is 6.93. The Hall–Kier alpha value is -3.00. The normalized spacial score (nSPS) is 11.2. The molecular formula is C15H9ClFN5O2. The molecule has 4 rings (SSSR count). The molecule has 0 spiro atoms. The van der Waals surface area contributed by atoms with Crippen LogP contribution in [-0.2, 0) is 6.54 Å². The van der Waals surface area contributed by atoms with E-state index in [9.17, 15) is 9.18 Å². The van der Waals surface area contributed by atoms with Crippen molar-refractivity contribution in [3.8, 4) is 11.5 Å². The van der Waals surface area contributed by atoms with Gasteiger partial charge in [0, 0.05) is 16.8 Å². The van der Waals surface area contributed by atoms with Crippen LogP contribution in [-0.4, -0.2) is 24.9 Å². The van der Waals surface area contributed by atoms with E-state index in [0.717, 1.165) is 0 Å². The van der Waals surface area contributed by atoms with Crippen LogP contribution in [0.1, 0.15) is 5.56 Å². The number of aromatic nitrogens is 5. The Morgan fingerprint density at radius 1 is 1.33 bits per heavy atom. The number of nitrogens with zero attached hydrogens (tertiary/aromatic N) is 4. The third kappa shape index (κ3) is 2.46. The number of halogens is 2. The minimum atomic E-state index is -0.683. The molecule has 0 saturated carbocycles. The van der Waals surface area contributed by atoms with E-state index in [0.29, 0.717) is 27.3 Å². The Balaban J connectivity index is 1.87. The fraction of sp³-hybridized carbons (Fsp3) is 0.0667. The molecule has 120 valence electrons. The van der Waals surface area contributed by atoms with Crippen molar-refractivity contribution in [2.24, 2.45) is 0 Å². The van der Waals surface area contributed by atoms with Crippen LogP contribution in [0.2, 0.25) is 5.02 Å². The van der Waals surface area contributed by atoms with E-state index >= 15 is 0 Å². The van der Waals surface area contributed by atoms with Gasteiger partial charge in [-0.15, -0.1) is 0 Å². The van der Waals surface area contributed by atoms with E-state index in [2.05, 4.69) is 24.7 Å². The van der Waals surface area contributed by atoms with Crippen molar-refractivity contribution in [1.29, 1.82) is 0 Å². The van der Waals surface area contributed by atoms with Crippen LogP contribution >= 0.6 is 11.6 Å². The summed E-state index contributed by atoms with van der Waals surface area (Å²) in [6.07, 6.45) is 1.60. The highest BCUT2D eigenvalue weighted by Crippen LogP contribution is 2.25. The molecule has 0 bridgehead atoms. The number of hydrogen-bond donors (Lipinski definition) is 1. The lowest BCUT2D eigenvalue weighted by molar-refractivity contribution is 0.387. The van der Waals surface area contributed by atoms with Crippen molar-refractivity contribution in [2.75, 3.05) is 0 Å². The lowest BCUT2D eigenvalue weighted by atomic mass is 10.2. The Bertz CT molecular complexity index is 1100. The summed E-state index contributed by atoms with van der Waals surface area (Å²) in [5.74, 6) is -0.892. The molecule has 7 nitrogen and oxygen atoms in total. The van der Waals surface area contributed by atoms with Gasteiger partial charge in [0.05, 0.1) is 11.9 Å². The average Bonchev–Trinajstić information content (AvgIpc) is 3.15. The highest BCUT2D eigenvalue weighted by atomic mass is 35.5. The minimum absolute atomic E-state index is 0.127. The van der Waals surface area contributed by atoms with E-state index in [1.165, 1.54) is 22.9 Å². The van der Waals surface area contributed by atoms with Crippen LogP contribution in [0.5, 0.6) is 0 Å². The summed E-state index contributed by atoms with van der Waals surface area (Å²) >= 11 is 5.93. The number of pyridine rings is 1. The highest BCUT2D eigenvalue weighted by Gasteiger charge is 2.17. The first-order valence-corrected chi connectivity index (χ1v) is 7.31. The number of hydrogen-bond acceptors (Lipinski definition) is 5. The van der Waals surface area contributed by atoms with Gasteiger partial charge in [0.15, 0.2) is 5.65 Å². The third-order valence-electron chi connectivity index (χ3n) is 3.50. The van der Waals surface area contributed by atoms with Crippen molar-refractivity contribution >= 4 is 22.6 Å². The number of aromatic amines is 1. The van der Waals surface area contributed by atoms with Gasteiger partial charge in [-0.05, 0) is 30.3 Å². The van der Waals surface area contributed by atoms with Gasteiger partial charge >= 0.3 is 5.76 Å². The van der Waals surface area contributed by atoms with Gasteiger partial charge in [-0.1, -0.05) is 16.8 Å². The molecule has 3 aromatic heterocycles. The summed E-state index contributed by atoms with van der Waals surface area (Å²) in [5.41, 5.74) is 1.29. The molecule has 3 heterocycles. The predicted octanol–water partition coefficient (Wildman–Crippen LogP) is 2.62.